The van der Waals surface area contributed by atoms with Crippen molar-refractivity contribution in [2.24, 2.45) is 5.92 Å². The largest absolute Gasteiger partial charge is 0.462 e. The third-order valence-corrected chi connectivity index (χ3v) is 6.33. The van der Waals surface area contributed by atoms with Crippen LogP contribution in [0.1, 0.15) is 29.6 Å². The summed E-state index contributed by atoms with van der Waals surface area (Å²) in [6, 6.07) is 15.2. The van der Waals surface area contributed by atoms with E-state index in [9.17, 15) is 9.90 Å². The first kappa shape index (κ1) is 18.7. The fourth-order valence-electron chi connectivity index (χ4n) is 4.93. The number of nitrogens with zero attached hydrogens (tertiary/aromatic N) is 2. The molecule has 150 valence electrons. The highest BCUT2D eigenvalue weighted by molar-refractivity contribution is 6.30. The van der Waals surface area contributed by atoms with E-state index in [1.807, 2.05) is 47.0 Å². The molecule has 1 N–H and O–H groups in total. The Morgan fingerprint density at radius 1 is 1.00 bits per heavy atom. The summed E-state index contributed by atoms with van der Waals surface area (Å²) in [5, 5.41) is 9.94. The van der Waals surface area contributed by atoms with Gasteiger partial charge in [0.15, 0.2) is 0 Å². The molecule has 2 atom stereocenters. The number of benzene rings is 1. The number of hydrogen-bond donors (Lipinski definition) is 1. The molecular formula is C23H23ClN2O3. The Bertz CT molecular complexity index is 1090. The fourth-order valence-corrected chi connectivity index (χ4v) is 5.06. The summed E-state index contributed by atoms with van der Waals surface area (Å²) in [4.78, 5) is 15.0. The molecule has 6 heteroatoms. The van der Waals surface area contributed by atoms with Crippen LogP contribution in [0.25, 0.3) is 11.1 Å². The van der Waals surface area contributed by atoms with Gasteiger partial charge < -0.3 is 14.1 Å². The molecule has 0 amide bonds. The second-order valence-corrected chi connectivity index (χ2v) is 8.54. The van der Waals surface area contributed by atoms with Crippen LogP contribution in [-0.2, 0) is 19.7 Å². The minimum absolute atomic E-state index is 0.0774. The second kappa shape index (κ2) is 7.48. The van der Waals surface area contributed by atoms with Gasteiger partial charge in [0.1, 0.15) is 18.1 Å². The molecule has 0 radical (unpaired) electrons. The van der Waals surface area contributed by atoms with Crippen molar-refractivity contribution in [1.82, 2.24) is 9.47 Å². The number of likely N-dealkylation sites (tertiary alicyclic amines) is 1. The number of hydrogen-bond acceptors (Lipinski definition) is 4. The van der Waals surface area contributed by atoms with Crippen molar-refractivity contribution in [3.63, 3.8) is 0 Å². The molecule has 2 aliphatic heterocycles. The van der Waals surface area contributed by atoms with Crippen molar-refractivity contribution in [2.75, 3.05) is 13.1 Å². The predicted molar refractivity (Wildman–Crippen MR) is 112 cm³/mol. The Hall–Kier alpha value is -2.34. The molecule has 29 heavy (non-hydrogen) atoms. The quantitative estimate of drug-likeness (QED) is 0.709. The highest BCUT2D eigenvalue weighted by Crippen LogP contribution is 2.40. The van der Waals surface area contributed by atoms with Crippen LogP contribution in [0.3, 0.4) is 0 Å². The van der Waals surface area contributed by atoms with Crippen LogP contribution in [0.2, 0.25) is 5.02 Å². The van der Waals surface area contributed by atoms with Crippen molar-refractivity contribution in [2.45, 2.75) is 32.0 Å². The van der Waals surface area contributed by atoms with Gasteiger partial charge in [-0.25, -0.2) is 0 Å². The number of furan rings is 1. The summed E-state index contributed by atoms with van der Waals surface area (Å²) >= 11 is 6.07. The first-order valence-corrected chi connectivity index (χ1v) is 10.4. The smallest absolute Gasteiger partial charge is 0.250 e. The van der Waals surface area contributed by atoms with E-state index in [1.54, 1.807) is 6.07 Å². The van der Waals surface area contributed by atoms with Gasteiger partial charge in [-0.2, -0.15) is 0 Å². The molecule has 1 aromatic carbocycles. The third kappa shape index (κ3) is 3.54. The number of piperidine rings is 1. The highest BCUT2D eigenvalue weighted by Gasteiger charge is 2.36. The van der Waals surface area contributed by atoms with Crippen LogP contribution in [0.5, 0.6) is 0 Å². The predicted octanol–water partition coefficient (Wildman–Crippen LogP) is 3.87. The second-order valence-electron chi connectivity index (χ2n) is 8.11. The van der Waals surface area contributed by atoms with Gasteiger partial charge in [0.05, 0.1) is 6.54 Å². The first-order valence-electron chi connectivity index (χ1n) is 10.0. The summed E-state index contributed by atoms with van der Waals surface area (Å²) in [5.41, 5.74) is 3.43. The van der Waals surface area contributed by atoms with E-state index in [2.05, 4.69) is 4.90 Å². The summed E-state index contributed by atoms with van der Waals surface area (Å²) in [7, 11) is 0. The van der Waals surface area contributed by atoms with Crippen LogP contribution in [0, 0.1) is 5.92 Å². The number of fused-ring (bicyclic) bond motifs is 4. The number of rotatable bonds is 4. The summed E-state index contributed by atoms with van der Waals surface area (Å²) in [6.45, 7) is 3.23. The van der Waals surface area contributed by atoms with E-state index in [4.69, 9.17) is 16.0 Å². The zero-order valence-corrected chi connectivity index (χ0v) is 16.8. The number of aliphatic hydroxyl groups excluding tert-OH is 1. The van der Waals surface area contributed by atoms with Crippen molar-refractivity contribution in [1.29, 1.82) is 0 Å². The summed E-state index contributed by atoms with van der Waals surface area (Å²) in [6.07, 6.45) is 1.10. The van der Waals surface area contributed by atoms with Crippen molar-refractivity contribution < 1.29 is 9.52 Å². The Labute approximate surface area is 174 Å². The normalized spacial score (nSPS) is 21.2. The molecule has 0 unspecified atom stereocenters. The highest BCUT2D eigenvalue weighted by atomic mass is 35.5. The molecule has 5 nitrogen and oxygen atoms in total. The van der Waals surface area contributed by atoms with Gasteiger partial charge in [-0.15, -0.1) is 0 Å². The molecular weight excluding hydrogens is 388 g/mol. The Balaban J connectivity index is 1.48. The fraction of sp³-hybridized carbons (Fsp3) is 0.348. The monoisotopic (exact) mass is 410 g/mol. The standard InChI is InChI=1S/C23H23ClN2O3/c24-18-3-1-16(2-4-18)21-7-8-22(28)26-11-15-9-17(23(21)26)12-25(10-15)13-19-5-6-20(14-27)29-19/h1-8,15,17,27H,9-14H2/t15-,17-/m0/s1. The topological polar surface area (TPSA) is 58.6 Å². The molecule has 0 saturated carbocycles. The Morgan fingerprint density at radius 2 is 1.79 bits per heavy atom. The number of aromatic nitrogens is 1. The van der Waals surface area contributed by atoms with E-state index in [1.165, 1.54) is 0 Å². The maximum atomic E-state index is 12.6. The molecule has 0 spiro atoms. The molecule has 4 heterocycles. The zero-order valence-electron chi connectivity index (χ0n) is 16.1. The molecule has 2 aromatic heterocycles. The summed E-state index contributed by atoms with van der Waals surface area (Å²) in [5.74, 6) is 2.22. The van der Waals surface area contributed by atoms with E-state index in [-0.39, 0.29) is 12.2 Å². The van der Waals surface area contributed by atoms with Gasteiger partial charge in [0, 0.05) is 47.9 Å². The summed E-state index contributed by atoms with van der Waals surface area (Å²) < 4.78 is 7.67. The Morgan fingerprint density at radius 3 is 2.55 bits per heavy atom. The molecule has 5 rings (SSSR count). The number of pyridine rings is 1. The molecule has 2 aliphatic rings. The zero-order chi connectivity index (χ0) is 20.0. The average molecular weight is 411 g/mol. The van der Waals surface area contributed by atoms with E-state index >= 15 is 0 Å². The van der Waals surface area contributed by atoms with Crippen LogP contribution >= 0.6 is 11.6 Å². The Kier molecular flexibility index (Phi) is 4.82. The van der Waals surface area contributed by atoms with Gasteiger partial charge in [0.25, 0.3) is 5.56 Å². The van der Waals surface area contributed by atoms with E-state index in [0.717, 1.165) is 55.2 Å². The molecule has 0 aliphatic carbocycles. The molecule has 1 fully saturated rings. The molecule has 2 bridgehead atoms. The third-order valence-electron chi connectivity index (χ3n) is 6.07. The number of halogens is 1. The first-order chi connectivity index (χ1) is 14.1. The lowest BCUT2D eigenvalue weighted by atomic mass is 9.80. The van der Waals surface area contributed by atoms with Crippen molar-refractivity contribution in [3.8, 4) is 11.1 Å². The molecule has 1 saturated heterocycles. The van der Waals surface area contributed by atoms with Crippen molar-refractivity contribution in [3.05, 3.63) is 81.1 Å². The maximum absolute atomic E-state index is 12.6. The van der Waals surface area contributed by atoms with E-state index in [0.29, 0.717) is 22.6 Å². The van der Waals surface area contributed by atoms with Crippen LogP contribution in [-0.4, -0.2) is 27.7 Å². The SMILES string of the molecule is O=c1ccc(-c2ccc(Cl)cc2)c2n1C[C@H]1C[C@H]2CN(Cc2ccc(CO)o2)C1. The van der Waals surface area contributed by atoms with Crippen LogP contribution in [0.15, 0.2) is 57.7 Å². The van der Waals surface area contributed by atoms with Crippen LogP contribution in [0.4, 0.5) is 0 Å². The molecule has 3 aromatic rings. The lowest BCUT2D eigenvalue weighted by Crippen LogP contribution is -2.46. The van der Waals surface area contributed by atoms with Crippen LogP contribution < -0.4 is 5.56 Å². The van der Waals surface area contributed by atoms with Gasteiger partial charge in [0.2, 0.25) is 0 Å². The van der Waals surface area contributed by atoms with Crippen molar-refractivity contribution >= 4 is 11.6 Å². The van der Waals surface area contributed by atoms with Gasteiger partial charge in [-0.1, -0.05) is 23.7 Å². The minimum atomic E-state index is -0.0774. The van der Waals surface area contributed by atoms with E-state index < -0.39 is 0 Å². The van der Waals surface area contributed by atoms with Gasteiger partial charge in [-0.3, -0.25) is 9.69 Å². The average Bonchev–Trinajstić information content (AvgIpc) is 3.17. The lowest BCUT2D eigenvalue weighted by molar-refractivity contribution is 0.107. The maximum Gasteiger partial charge on any atom is 0.250 e. The number of aliphatic hydroxyl groups is 1. The minimum Gasteiger partial charge on any atom is -0.462 e. The lowest BCUT2D eigenvalue weighted by Gasteiger charge is -2.43. The van der Waals surface area contributed by atoms with Gasteiger partial charge in [-0.05, 0) is 48.2 Å². The van der Waals surface area contributed by atoms with Gasteiger partial charge >= 0.3 is 0 Å².